The molecule has 61 heavy (non-hydrogen) atoms. The minimum absolute atomic E-state index is 0.0163. The molecule has 0 radical (unpaired) electrons. The van der Waals surface area contributed by atoms with E-state index >= 15 is 0 Å². The topological polar surface area (TPSA) is 25.2 Å². The van der Waals surface area contributed by atoms with Crippen molar-refractivity contribution in [1.29, 1.82) is 0 Å². The van der Waals surface area contributed by atoms with Crippen molar-refractivity contribution in [2.75, 3.05) is 5.32 Å². The SMILES string of the molecule is CC1(C)C2=C(C=CC(Nc3ccc4cc5ccccc5cc4c3)C2)c2ccc(-c3ccccc3)cc21.c1ccc(-c2ccc(-c3ccc4oc5ccccc5c4c3)cc2)cc1. The normalized spacial score (nSPS) is 15.1. The highest BCUT2D eigenvalue weighted by molar-refractivity contribution is 6.06. The Morgan fingerprint density at radius 2 is 1.02 bits per heavy atom. The van der Waals surface area contributed by atoms with Crippen molar-refractivity contribution < 1.29 is 4.42 Å². The van der Waals surface area contributed by atoms with Crippen LogP contribution in [-0.4, -0.2) is 6.04 Å². The predicted molar refractivity (Wildman–Crippen MR) is 259 cm³/mol. The molecule has 10 aromatic rings. The summed E-state index contributed by atoms with van der Waals surface area (Å²) >= 11 is 0. The second-order valence-corrected chi connectivity index (χ2v) is 17.0. The van der Waals surface area contributed by atoms with E-state index in [1.165, 1.54) is 93.7 Å². The maximum atomic E-state index is 5.92. The van der Waals surface area contributed by atoms with Gasteiger partial charge in [-0.05, 0) is 132 Å². The van der Waals surface area contributed by atoms with Crippen molar-refractivity contribution in [3.8, 4) is 33.4 Å². The molecular formula is C59H45NO. The Balaban J connectivity index is 0.000000147. The first kappa shape index (κ1) is 36.6. The lowest BCUT2D eigenvalue weighted by Crippen LogP contribution is -2.26. The summed E-state index contributed by atoms with van der Waals surface area (Å²) in [7, 11) is 0. The van der Waals surface area contributed by atoms with Crippen LogP contribution in [0.15, 0.2) is 222 Å². The number of benzene rings is 9. The first-order valence-electron chi connectivity index (χ1n) is 21.3. The maximum Gasteiger partial charge on any atom is 0.135 e. The van der Waals surface area contributed by atoms with Gasteiger partial charge in [-0.1, -0.05) is 178 Å². The summed E-state index contributed by atoms with van der Waals surface area (Å²) in [6.45, 7) is 4.78. The Hall–Kier alpha value is -7.42. The fraction of sp³-hybridized carbons (Fsp3) is 0.0847. The molecule has 1 heterocycles. The van der Waals surface area contributed by atoms with Crippen molar-refractivity contribution in [3.63, 3.8) is 0 Å². The maximum absolute atomic E-state index is 5.92. The first-order valence-corrected chi connectivity index (χ1v) is 21.3. The van der Waals surface area contributed by atoms with Gasteiger partial charge in [0.25, 0.3) is 0 Å². The number of para-hydroxylation sites is 1. The van der Waals surface area contributed by atoms with Gasteiger partial charge in [0.1, 0.15) is 11.2 Å². The standard InChI is InChI=1S/C35H29N.C24H16O/c1-35(2)33-21-27(23-8-4-3-5-9-23)13-16-31(33)32-17-15-30(22-34(32)35)36-29-14-12-26-18-24-10-6-7-11-25(24)19-28(26)20-29;1-2-6-17(7-3-1)18-10-12-19(13-11-18)20-14-15-24-22(16-20)21-8-4-5-9-23(21)25-24/h3-21,30,36H,22H2,1-2H3;1-16H. The molecule has 9 aromatic carbocycles. The number of furan rings is 1. The number of fused-ring (bicyclic) bond motifs is 7. The zero-order chi connectivity index (χ0) is 40.9. The van der Waals surface area contributed by atoms with Crippen LogP contribution in [0.2, 0.25) is 0 Å². The second-order valence-electron chi connectivity index (χ2n) is 17.0. The van der Waals surface area contributed by atoms with E-state index in [0.717, 1.165) is 17.6 Å². The number of allylic oxidation sites excluding steroid dienone is 2. The number of hydrogen-bond donors (Lipinski definition) is 1. The van der Waals surface area contributed by atoms with Gasteiger partial charge >= 0.3 is 0 Å². The van der Waals surface area contributed by atoms with Gasteiger partial charge in [-0.15, -0.1) is 0 Å². The number of anilines is 1. The van der Waals surface area contributed by atoms with Crippen LogP contribution in [0.3, 0.4) is 0 Å². The predicted octanol–water partition coefficient (Wildman–Crippen LogP) is 16.1. The molecule has 0 saturated carbocycles. The molecule has 0 spiro atoms. The highest BCUT2D eigenvalue weighted by atomic mass is 16.3. The Morgan fingerprint density at radius 1 is 0.459 bits per heavy atom. The quantitative estimate of drug-likeness (QED) is 0.176. The highest BCUT2D eigenvalue weighted by Crippen LogP contribution is 2.51. The Morgan fingerprint density at radius 3 is 1.77 bits per heavy atom. The van der Waals surface area contributed by atoms with E-state index < -0.39 is 0 Å². The molecule has 1 aromatic heterocycles. The summed E-state index contributed by atoms with van der Waals surface area (Å²) in [5, 5.41) is 11.3. The van der Waals surface area contributed by atoms with Gasteiger partial charge in [0.05, 0.1) is 0 Å². The summed E-state index contributed by atoms with van der Waals surface area (Å²) in [6.07, 6.45) is 5.71. The lowest BCUT2D eigenvalue weighted by Gasteiger charge is -2.30. The molecular weight excluding hydrogens is 739 g/mol. The summed E-state index contributed by atoms with van der Waals surface area (Å²) in [5.74, 6) is 0. The average molecular weight is 784 g/mol. The van der Waals surface area contributed by atoms with Gasteiger partial charge in [0.2, 0.25) is 0 Å². The monoisotopic (exact) mass is 783 g/mol. The Kier molecular flexibility index (Phi) is 9.01. The van der Waals surface area contributed by atoms with Gasteiger partial charge in [-0.2, -0.15) is 0 Å². The lowest BCUT2D eigenvalue weighted by molar-refractivity contribution is 0.596. The van der Waals surface area contributed by atoms with Gasteiger partial charge in [-0.25, -0.2) is 0 Å². The van der Waals surface area contributed by atoms with Crippen LogP contribution in [-0.2, 0) is 5.41 Å². The van der Waals surface area contributed by atoms with Gasteiger partial charge in [0.15, 0.2) is 0 Å². The van der Waals surface area contributed by atoms with Gasteiger partial charge in [-0.3, -0.25) is 0 Å². The summed E-state index contributed by atoms with van der Waals surface area (Å²) in [6, 6.07) is 71.7. The van der Waals surface area contributed by atoms with Crippen LogP contribution in [0.5, 0.6) is 0 Å². The van der Waals surface area contributed by atoms with Crippen LogP contribution < -0.4 is 5.32 Å². The zero-order valence-electron chi connectivity index (χ0n) is 34.4. The van der Waals surface area contributed by atoms with E-state index in [0.29, 0.717) is 0 Å². The van der Waals surface area contributed by atoms with Gasteiger partial charge in [0, 0.05) is 27.9 Å². The smallest absolute Gasteiger partial charge is 0.135 e. The van der Waals surface area contributed by atoms with Crippen LogP contribution in [0.4, 0.5) is 5.69 Å². The fourth-order valence-corrected chi connectivity index (χ4v) is 9.56. The molecule has 12 rings (SSSR count). The molecule has 1 N–H and O–H groups in total. The molecule has 292 valence electrons. The highest BCUT2D eigenvalue weighted by Gasteiger charge is 2.39. The molecule has 2 aliphatic rings. The molecule has 2 aliphatic carbocycles. The van der Waals surface area contributed by atoms with E-state index in [2.05, 4.69) is 213 Å². The number of rotatable bonds is 5. The molecule has 1 atom stereocenters. The average Bonchev–Trinajstić information content (AvgIpc) is 3.80. The third-order valence-electron chi connectivity index (χ3n) is 12.8. The van der Waals surface area contributed by atoms with Crippen molar-refractivity contribution >= 4 is 54.7 Å². The van der Waals surface area contributed by atoms with Gasteiger partial charge < -0.3 is 9.73 Å². The molecule has 0 aliphatic heterocycles. The number of hydrogen-bond acceptors (Lipinski definition) is 2. The molecule has 0 fully saturated rings. The second kappa shape index (κ2) is 15.0. The van der Waals surface area contributed by atoms with Crippen LogP contribution in [0.1, 0.15) is 31.4 Å². The molecule has 1 unspecified atom stereocenters. The molecule has 2 heteroatoms. The van der Waals surface area contributed by atoms with E-state index in [-0.39, 0.29) is 11.5 Å². The van der Waals surface area contributed by atoms with Crippen molar-refractivity contribution in [1.82, 2.24) is 0 Å². The summed E-state index contributed by atoms with van der Waals surface area (Å²) < 4.78 is 5.92. The van der Waals surface area contributed by atoms with E-state index in [9.17, 15) is 0 Å². The Bertz CT molecular complexity index is 3310. The molecule has 0 bridgehead atoms. The van der Waals surface area contributed by atoms with Crippen molar-refractivity contribution in [2.24, 2.45) is 0 Å². The van der Waals surface area contributed by atoms with Crippen LogP contribution >= 0.6 is 0 Å². The largest absolute Gasteiger partial charge is 0.456 e. The van der Waals surface area contributed by atoms with Crippen LogP contribution in [0.25, 0.3) is 82.4 Å². The zero-order valence-corrected chi connectivity index (χ0v) is 34.4. The Labute approximate surface area is 357 Å². The van der Waals surface area contributed by atoms with E-state index in [1.54, 1.807) is 0 Å². The van der Waals surface area contributed by atoms with Crippen molar-refractivity contribution in [3.05, 3.63) is 229 Å². The first-order chi connectivity index (χ1) is 29.9. The summed E-state index contributed by atoms with van der Waals surface area (Å²) in [5.41, 5.74) is 16.3. The molecule has 2 nitrogen and oxygen atoms in total. The third kappa shape index (κ3) is 6.81. The van der Waals surface area contributed by atoms with Crippen LogP contribution in [0, 0.1) is 0 Å². The summed E-state index contributed by atoms with van der Waals surface area (Å²) in [4.78, 5) is 0. The fourth-order valence-electron chi connectivity index (χ4n) is 9.56. The minimum Gasteiger partial charge on any atom is -0.456 e. The molecule has 0 amide bonds. The van der Waals surface area contributed by atoms with Crippen molar-refractivity contribution in [2.45, 2.75) is 31.7 Å². The molecule has 0 saturated heterocycles. The lowest BCUT2D eigenvalue weighted by atomic mass is 9.77. The minimum atomic E-state index is 0.0163. The third-order valence-corrected chi connectivity index (χ3v) is 12.8. The van der Waals surface area contributed by atoms with E-state index in [4.69, 9.17) is 4.42 Å². The van der Waals surface area contributed by atoms with E-state index in [1.807, 2.05) is 18.2 Å². The number of nitrogens with one attached hydrogen (secondary N) is 1.